The van der Waals surface area contributed by atoms with Gasteiger partial charge in [0.2, 0.25) is 15.9 Å². The minimum atomic E-state index is -4.05. The zero-order valence-electron chi connectivity index (χ0n) is 13.2. The van der Waals surface area contributed by atoms with E-state index >= 15 is 0 Å². The molecule has 1 aromatic carbocycles. The Labute approximate surface area is 148 Å². The van der Waals surface area contributed by atoms with Crippen molar-refractivity contribution in [1.82, 2.24) is 9.21 Å². The first-order valence-electron chi connectivity index (χ1n) is 7.63. The van der Waals surface area contributed by atoms with Crippen molar-refractivity contribution in [3.63, 3.8) is 0 Å². The van der Waals surface area contributed by atoms with Crippen LogP contribution < -0.4 is 0 Å². The summed E-state index contributed by atoms with van der Waals surface area (Å²) in [5.74, 6) is -2.01. The zero-order valence-corrected chi connectivity index (χ0v) is 14.8. The molecule has 2 heterocycles. The number of halogens is 2. The average molecular weight is 386 g/mol. The number of rotatable bonds is 4. The van der Waals surface area contributed by atoms with E-state index in [0.717, 1.165) is 21.3 Å². The summed E-state index contributed by atoms with van der Waals surface area (Å²) in [6.45, 7) is 0.642. The molecule has 0 unspecified atom stereocenters. The summed E-state index contributed by atoms with van der Waals surface area (Å²) < 4.78 is 52.9. The Hall–Kier alpha value is -1.84. The van der Waals surface area contributed by atoms with Crippen molar-refractivity contribution in [1.29, 1.82) is 0 Å². The number of benzene rings is 1. The molecule has 0 N–H and O–H groups in total. The van der Waals surface area contributed by atoms with Crippen LogP contribution in [0.5, 0.6) is 0 Å². The monoisotopic (exact) mass is 386 g/mol. The highest BCUT2D eigenvalue weighted by Crippen LogP contribution is 2.22. The highest BCUT2D eigenvalue weighted by molar-refractivity contribution is 7.89. The molecule has 2 aromatic rings. The fourth-order valence-electron chi connectivity index (χ4n) is 2.68. The average Bonchev–Trinajstić information content (AvgIpc) is 3.07. The highest BCUT2D eigenvalue weighted by atomic mass is 32.2. The minimum absolute atomic E-state index is 0.0625. The molecule has 3 rings (SSSR count). The van der Waals surface area contributed by atoms with Crippen LogP contribution in [0, 0.1) is 11.6 Å². The maximum absolute atomic E-state index is 13.8. The van der Waals surface area contributed by atoms with Gasteiger partial charge >= 0.3 is 0 Å². The van der Waals surface area contributed by atoms with Crippen molar-refractivity contribution in [3.8, 4) is 0 Å². The summed E-state index contributed by atoms with van der Waals surface area (Å²) in [4.78, 5) is 14.3. The van der Waals surface area contributed by atoms with E-state index in [9.17, 15) is 22.0 Å². The van der Waals surface area contributed by atoms with Crippen molar-refractivity contribution >= 4 is 27.3 Å². The smallest absolute Gasteiger partial charge is 0.246 e. The Morgan fingerprint density at radius 3 is 2.44 bits per heavy atom. The lowest BCUT2D eigenvalue weighted by atomic mass is 10.3. The van der Waals surface area contributed by atoms with Gasteiger partial charge in [0.05, 0.1) is 6.42 Å². The van der Waals surface area contributed by atoms with Gasteiger partial charge < -0.3 is 4.90 Å². The molecule has 0 saturated carbocycles. The Kier molecular flexibility index (Phi) is 5.16. The van der Waals surface area contributed by atoms with Crippen LogP contribution in [-0.2, 0) is 21.2 Å². The molecule has 1 aliphatic rings. The van der Waals surface area contributed by atoms with Crippen LogP contribution in [0.15, 0.2) is 40.6 Å². The second-order valence-electron chi connectivity index (χ2n) is 5.62. The first kappa shape index (κ1) is 18.0. The number of carbonyl (C=O) groups is 1. The van der Waals surface area contributed by atoms with Crippen molar-refractivity contribution in [2.45, 2.75) is 11.3 Å². The summed E-state index contributed by atoms with van der Waals surface area (Å²) in [7, 11) is -4.05. The molecule has 1 amide bonds. The fourth-order valence-corrected chi connectivity index (χ4v) is 4.84. The predicted molar refractivity (Wildman–Crippen MR) is 89.7 cm³/mol. The quantitative estimate of drug-likeness (QED) is 0.809. The fraction of sp³-hybridized carbons (Fsp3) is 0.312. The molecular weight excluding hydrogens is 370 g/mol. The van der Waals surface area contributed by atoms with Crippen LogP contribution in [0.25, 0.3) is 0 Å². The van der Waals surface area contributed by atoms with Gasteiger partial charge in [-0.15, -0.1) is 11.3 Å². The third-order valence-electron chi connectivity index (χ3n) is 4.01. The number of nitrogens with zero attached hydrogens (tertiary/aromatic N) is 2. The number of hydrogen-bond acceptors (Lipinski definition) is 4. The van der Waals surface area contributed by atoms with Crippen molar-refractivity contribution in [2.75, 3.05) is 26.2 Å². The lowest BCUT2D eigenvalue weighted by Gasteiger charge is -2.34. The molecule has 0 aliphatic carbocycles. The molecule has 0 radical (unpaired) electrons. The molecule has 0 spiro atoms. The maximum Gasteiger partial charge on any atom is 0.246 e. The topological polar surface area (TPSA) is 57.7 Å². The summed E-state index contributed by atoms with van der Waals surface area (Å²) in [6, 6.07) is 6.13. The van der Waals surface area contributed by atoms with Crippen molar-refractivity contribution in [2.24, 2.45) is 0 Å². The molecule has 0 bridgehead atoms. The van der Waals surface area contributed by atoms with E-state index in [4.69, 9.17) is 0 Å². The molecule has 1 saturated heterocycles. The van der Waals surface area contributed by atoms with Crippen LogP contribution in [-0.4, -0.2) is 49.7 Å². The van der Waals surface area contributed by atoms with Crippen molar-refractivity contribution < 1.29 is 22.0 Å². The predicted octanol–water partition coefficient (Wildman–Crippen LogP) is 2.10. The maximum atomic E-state index is 13.8. The number of hydrogen-bond donors (Lipinski definition) is 0. The van der Waals surface area contributed by atoms with Crippen LogP contribution in [0.4, 0.5) is 8.78 Å². The first-order valence-corrected chi connectivity index (χ1v) is 9.95. The second-order valence-corrected chi connectivity index (χ2v) is 8.55. The Bertz CT molecular complexity index is 862. The van der Waals surface area contributed by atoms with E-state index in [0.29, 0.717) is 6.07 Å². The minimum Gasteiger partial charge on any atom is -0.340 e. The standard InChI is InChI=1S/C16H16F2N2O3S2/c17-12-3-4-15(14(18)10-12)25(22,23)20-7-5-19(6-8-20)16(21)11-13-2-1-9-24-13/h1-4,9-10H,5-8,11H2. The second kappa shape index (κ2) is 7.19. The Balaban J connectivity index is 1.66. The summed E-state index contributed by atoms with van der Waals surface area (Å²) in [5.41, 5.74) is 0. The molecule has 134 valence electrons. The first-order chi connectivity index (χ1) is 11.9. The van der Waals surface area contributed by atoms with Crippen LogP contribution in [0.1, 0.15) is 4.88 Å². The van der Waals surface area contributed by atoms with E-state index in [1.165, 1.54) is 11.3 Å². The van der Waals surface area contributed by atoms with Gasteiger partial charge in [0.1, 0.15) is 16.5 Å². The number of carbonyl (C=O) groups excluding carboxylic acids is 1. The number of thiophene rings is 1. The van der Waals surface area contributed by atoms with Gasteiger partial charge in [-0.3, -0.25) is 4.79 Å². The largest absolute Gasteiger partial charge is 0.340 e. The zero-order chi connectivity index (χ0) is 18.0. The van der Waals surface area contributed by atoms with Gasteiger partial charge in [0, 0.05) is 37.1 Å². The van der Waals surface area contributed by atoms with Crippen LogP contribution >= 0.6 is 11.3 Å². The SMILES string of the molecule is O=C(Cc1cccs1)N1CCN(S(=O)(=O)c2ccc(F)cc2F)CC1. The van der Waals surface area contributed by atoms with Gasteiger partial charge in [-0.25, -0.2) is 17.2 Å². The van der Waals surface area contributed by atoms with Gasteiger partial charge in [-0.1, -0.05) is 6.07 Å². The lowest BCUT2D eigenvalue weighted by molar-refractivity contribution is -0.131. The van der Waals surface area contributed by atoms with Gasteiger partial charge in [-0.05, 0) is 23.6 Å². The molecule has 1 aromatic heterocycles. The van der Waals surface area contributed by atoms with E-state index in [2.05, 4.69) is 0 Å². The van der Waals surface area contributed by atoms with Gasteiger partial charge in [-0.2, -0.15) is 4.31 Å². The number of piperazine rings is 1. The summed E-state index contributed by atoms with van der Waals surface area (Å²) in [5, 5.41) is 1.89. The normalized spacial score (nSPS) is 16.2. The lowest BCUT2D eigenvalue weighted by Crippen LogP contribution is -2.50. The third-order valence-corrected chi connectivity index (χ3v) is 6.82. The molecule has 1 fully saturated rings. The van der Waals surface area contributed by atoms with E-state index in [1.807, 2.05) is 17.5 Å². The number of amides is 1. The van der Waals surface area contributed by atoms with Gasteiger partial charge in [0.25, 0.3) is 0 Å². The van der Waals surface area contributed by atoms with Crippen LogP contribution in [0.2, 0.25) is 0 Å². The molecule has 9 heteroatoms. The van der Waals surface area contributed by atoms with Crippen molar-refractivity contribution in [3.05, 3.63) is 52.2 Å². The Morgan fingerprint density at radius 1 is 1.12 bits per heavy atom. The van der Waals surface area contributed by atoms with E-state index in [1.54, 1.807) is 4.90 Å². The van der Waals surface area contributed by atoms with E-state index < -0.39 is 26.6 Å². The summed E-state index contributed by atoms with van der Waals surface area (Å²) >= 11 is 1.49. The highest BCUT2D eigenvalue weighted by Gasteiger charge is 2.32. The third kappa shape index (κ3) is 3.88. The molecule has 25 heavy (non-hydrogen) atoms. The van der Waals surface area contributed by atoms with Crippen LogP contribution in [0.3, 0.4) is 0 Å². The van der Waals surface area contributed by atoms with E-state index in [-0.39, 0.29) is 38.5 Å². The Morgan fingerprint density at radius 2 is 1.84 bits per heavy atom. The molecular formula is C16H16F2N2O3S2. The molecule has 5 nitrogen and oxygen atoms in total. The summed E-state index contributed by atoms with van der Waals surface area (Å²) in [6.07, 6.45) is 0.289. The van der Waals surface area contributed by atoms with Gasteiger partial charge in [0.15, 0.2) is 0 Å². The molecule has 0 atom stereocenters. The molecule has 1 aliphatic heterocycles. The number of sulfonamides is 1.